The topological polar surface area (TPSA) is 86.7 Å². The summed E-state index contributed by atoms with van der Waals surface area (Å²) in [7, 11) is 0. The third kappa shape index (κ3) is 3.68. The van der Waals surface area contributed by atoms with Crippen LogP contribution in [0.1, 0.15) is 32.7 Å². The van der Waals surface area contributed by atoms with Crippen LogP contribution in [0.3, 0.4) is 0 Å². The van der Waals surface area contributed by atoms with Crippen LogP contribution < -0.4 is 5.32 Å². The van der Waals surface area contributed by atoms with Crippen molar-refractivity contribution in [1.82, 2.24) is 10.2 Å². The molecular weight excluding hydrogens is 320 g/mol. The predicted molar refractivity (Wildman–Crippen MR) is 91.2 cm³/mol. The van der Waals surface area contributed by atoms with E-state index in [-0.39, 0.29) is 18.2 Å². The first-order valence-corrected chi connectivity index (χ1v) is 8.06. The smallest absolute Gasteiger partial charge is 0.262 e. The zero-order valence-corrected chi connectivity index (χ0v) is 13.6. The Labute approximate surface area is 145 Å². The Morgan fingerprint density at radius 3 is 2.16 bits per heavy atom. The van der Waals surface area contributed by atoms with Gasteiger partial charge in [-0.2, -0.15) is 0 Å². The number of carbonyl (C=O) groups excluding carboxylic acids is 3. The quantitative estimate of drug-likeness (QED) is 0.620. The number of nitrogens with one attached hydrogen (secondary N) is 1. The van der Waals surface area contributed by atoms with Crippen molar-refractivity contribution in [3.05, 3.63) is 65.2 Å². The molecule has 0 bridgehead atoms. The molecule has 0 unspecified atom stereocenters. The van der Waals surface area contributed by atoms with Crippen LogP contribution in [0.5, 0.6) is 5.75 Å². The Hall–Kier alpha value is -3.15. The molecule has 6 nitrogen and oxygen atoms in total. The van der Waals surface area contributed by atoms with Gasteiger partial charge in [-0.1, -0.05) is 24.3 Å². The van der Waals surface area contributed by atoms with Crippen LogP contribution in [0, 0.1) is 0 Å². The first kappa shape index (κ1) is 16.7. The van der Waals surface area contributed by atoms with Crippen molar-refractivity contribution in [2.45, 2.75) is 12.8 Å². The van der Waals surface area contributed by atoms with E-state index < -0.39 is 11.8 Å². The summed E-state index contributed by atoms with van der Waals surface area (Å²) in [6.07, 6.45) is 1.48. The highest BCUT2D eigenvalue weighted by molar-refractivity contribution is 6.22. The van der Waals surface area contributed by atoms with Crippen LogP contribution in [0.25, 0.3) is 0 Å². The Bertz CT molecular complexity index is 779. The second-order valence-corrected chi connectivity index (χ2v) is 5.86. The second-order valence-electron chi connectivity index (χ2n) is 5.86. The summed E-state index contributed by atoms with van der Waals surface area (Å²) < 4.78 is 0. The number of nitrogens with zero attached hydrogens (tertiary/aromatic N) is 1. The molecule has 1 heterocycles. The van der Waals surface area contributed by atoms with E-state index >= 15 is 0 Å². The van der Waals surface area contributed by atoms with Gasteiger partial charge < -0.3 is 10.4 Å². The van der Waals surface area contributed by atoms with Gasteiger partial charge in [-0.25, -0.2) is 0 Å². The fraction of sp³-hybridized carbons (Fsp3) is 0.211. The molecule has 2 aromatic rings. The number of imide groups is 1. The number of aryl methyl sites for hydroxylation is 1. The van der Waals surface area contributed by atoms with Crippen LogP contribution in [-0.4, -0.2) is 40.8 Å². The lowest BCUT2D eigenvalue weighted by molar-refractivity contribution is -0.121. The van der Waals surface area contributed by atoms with E-state index in [9.17, 15) is 19.5 Å². The predicted octanol–water partition coefficient (Wildman–Crippen LogP) is 1.74. The monoisotopic (exact) mass is 338 g/mol. The minimum absolute atomic E-state index is 0.220. The second kappa shape index (κ2) is 7.17. The molecular formula is C19H18N2O4. The molecule has 0 radical (unpaired) electrons. The normalized spacial score (nSPS) is 13.0. The molecule has 1 aliphatic rings. The van der Waals surface area contributed by atoms with Crippen molar-refractivity contribution in [3.63, 3.8) is 0 Å². The number of phenols is 1. The molecule has 25 heavy (non-hydrogen) atoms. The van der Waals surface area contributed by atoms with Crippen molar-refractivity contribution in [1.29, 1.82) is 0 Å². The molecule has 2 aromatic carbocycles. The summed E-state index contributed by atoms with van der Waals surface area (Å²) >= 11 is 0. The van der Waals surface area contributed by atoms with Crippen LogP contribution in [0.2, 0.25) is 0 Å². The summed E-state index contributed by atoms with van der Waals surface area (Å²) in [5.74, 6) is -1.00. The average molecular weight is 338 g/mol. The zero-order chi connectivity index (χ0) is 17.8. The van der Waals surface area contributed by atoms with Crippen LogP contribution in [-0.2, 0) is 11.2 Å². The summed E-state index contributed by atoms with van der Waals surface area (Å²) in [5, 5.41) is 12.0. The van der Waals surface area contributed by atoms with Crippen molar-refractivity contribution >= 4 is 17.7 Å². The fourth-order valence-electron chi connectivity index (χ4n) is 2.77. The number of amides is 3. The standard InChI is InChI=1S/C19H18N2O4/c22-14-9-7-13(8-10-14)4-3-11-20-17(23)12-21-18(24)15-5-1-2-6-16(15)19(21)25/h1-2,5-10,22H,3-4,11-12H2,(H,20,23). The first-order valence-electron chi connectivity index (χ1n) is 8.06. The van der Waals surface area contributed by atoms with Gasteiger partial charge >= 0.3 is 0 Å². The van der Waals surface area contributed by atoms with Crippen molar-refractivity contribution < 1.29 is 19.5 Å². The number of hydrogen-bond donors (Lipinski definition) is 2. The van der Waals surface area contributed by atoms with Crippen LogP contribution >= 0.6 is 0 Å². The number of carbonyl (C=O) groups is 3. The molecule has 3 amide bonds. The maximum atomic E-state index is 12.2. The molecule has 0 spiro atoms. The van der Waals surface area contributed by atoms with E-state index in [1.54, 1.807) is 36.4 Å². The van der Waals surface area contributed by atoms with E-state index in [0.717, 1.165) is 23.3 Å². The maximum Gasteiger partial charge on any atom is 0.262 e. The first-order chi connectivity index (χ1) is 12.1. The Morgan fingerprint density at radius 2 is 1.56 bits per heavy atom. The Kier molecular flexibility index (Phi) is 4.79. The number of hydrogen-bond acceptors (Lipinski definition) is 4. The number of benzene rings is 2. The number of aromatic hydroxyl groups is 1. The molecule has 0 fully saturated rings. The van der Waals surface area contributed by atoms with E-state index in [2.05, 4.69) is 5.32 Å². The zero-order valence-electron chi connectivity index (χ0n) is 13.6. The van der Waals surface area contributed by atoms with Gasteiger partial charge in [-0.3, -0.25) is 19.3 Å². The Morgan fingerprint density at radius 1 is 0.960 bits per heavy atom. The Balaban J connectivity index is 1.46. The average Bonchev–Trinajstić information content (AvgIpc) is 2.86. The minimum atomic E-state index is -0.431. The van der Waals surface area contributed by atoms with Gasteiger partial charge in [-0.05, 0) is 42.7 Å². The fourth-order valence-corrected chi connectivity index (χ4v) is 2.77. The van der Waals surface area contributed by atoms with Crippen LogP contribution in [0.15, 0.2) is 48.5 Å². The van der Waals surface area contributed by atoms with Crippen molar-refractivity contribution in [3.8, 4) is 5.75 Å². The SMILES string of the molecule is O=C(CN1C(=O)c2ccccc2C1=O)NCCCc1ccc(O)cc1. The highest BCUT2D eigenvalue weighted by atomic mass is 16.3. The van der Waals surface area contributed by atoms with Crippen molar-refractivity contribution in [2.24, 2.45) is 0 Å². The number of rotatable bonds is 6. The van der Waals surface area contributed by atoms with Gasteiger partial charge in [0.25, 0.3) is 11.8 Å². The molecule has 128 valence electrons. The molecule has 0 aliphatic carbocycles. The molecule has 0 saturated heterocycles. The van der Waals surface area contributed by atoms with E-state index in [1.165, 1.54) is 0 Å². The molecule has 3 rings (SSSR count). The van der Waals surface area contributed by atoms with Gasteiger partial charge in [-0.15, -0.1) is 0 Å². The molecule has 0 atom stereocenters. The van der Waals surface area contributed by atoms with Gasteiger partial charge in [0.05, 0.1) is 11.1 Å². The highest BCUT2D eigenvalue weighted by Crippen LogP contribution is 2.21. The largest absolute Gasteiger partial charge is 0.508 e. The van der Waals surface area contributed by atoms with Gasteiger partial charge in [0.2, 0.25) is 5.91 Å². The molecule has 2 N–H and O–H groups in total. The van der Waals surface area contributed by atoms with Crippen molar-refractivity contribution in [2.75, 3.05) is 13.1 Å². The van der Waals surface area contributed by atoms with Crippen LogP contribution in [0.4, 0.5) is 0 Å². The highest BCUT2D eigenvalue weighted by Gasteiger charge is 2.36. The number of fused-ring (bicyclic) bond motifs is 1. The molecule has 0 aromatic heterocycles. The van der Waals surface area contributed by atoms with Gasteiger partial charge in [0.15, 0.2) is 0 Å². The van der Waals surface area contributed by atoms with E-state index in [0.29, 0.717) is 17.7 Å². The number of phenolic OH excluding ortho intramolecular Hbond substituents is 1. The molecule has 0 saturated carbocycles. The molecule has 1 aliphatic heterocycles. The third-order valence-corrected chi connectivity index (χ3v) is 4.08. The summed E-state index contributed by atoms with van der Waals surface area (Å²) in [6.45, 7) is 0.175. The van der Waals surface area contributed by atoms with Gasteiger partial charge in [0, 0.05) is 6.54 Å². The minimum Gasteiger partial charge on any atom is -0.508 e. The summed E-state index contributed by atoms with van der Waals surface area (Å²) in [5.41, 5.74) is 1.74. The lowest BCUT2D eigenvalue weighted by Crippen LogP contribution is -2.40. The maximum absolute atomic E-state index is 12.2. The van der Waals surface area contributed by atoms with E-state index in [1.807, 2.05) is 12.1 Å². The lowest BCUT2D eigenvalue weighted by atomic mass is 10.1. The third-order valence-electron chi connectivity index (χ3n) is 4.08. The van der Waals surface area contributed by atoms with E-state index in [4.69, 9.17) is 0 Å². The summed E-state index contributed by atoms with van der Waals surface area (Å²) in [4.78, 5) is 37.4. The molecule has 6 heteroatoms. The summed E-state index contributed by atoms with van der Waals surface area (Å²) in [6, 6.07) is 13.5. The van der Waals surface area contributed by atoms with Gasteiger partial charge in [0.1, 0.15) is 12.3 Å². The lowest BCUT2D eigenvalue weighted by Gasteiger charge is -2.13.